The molecular weight excluding hydrogens is 150 g/mol. The van der Waals surface area contributed by atoms with Gasteiger partial charge in [0.2, 0.25) is 0 Å². The molecule has 0 bridgehead atoms. The second kappa shape index (κ2) is 4.78. The first-order valence-electron chi connectivity index (χ1n) is 4.30. The SMILES string of the molecule is CCc1cccc(NCCO)c1. The number of benzene rings is 1. The van der Waals surface area contributed by atoms with Gasteiger partial charge in [-0.1, -0.05) is 19.1 Å². The molecule has 2 nitrogen and oxygen atoms in total. The molecule has 0 aromatic heterocycles. The maximum Gasteiger partial charge on any atom is 0.0604 e. The standard InChI is InChI=1S/C10H15NO/c1-2-9-4-3-5-10(8-9)11-6-7-12/h3-5,8,11-12H,2,6-7H2,1H3. The Balaban J connectivity index is 2.60. The highest BCUT2D eigenvalue weighted by Crippen LogP contribution is 2.10. The largest absolute Gasteiger partial charge is 0.395 e. The van der Waals surface area contributed by atoms with Gasteiger partial charge in [-0.3, -0.25) is 0 Å². The van der Waals surface area contributed by atoms with Gasteiger partial charge in [0.05, 0.1) is 6.61 Å². The van der Waals surface area contributed by atoms with E-state index in [-0.39, 0.29) is 6.61 Å². The van der Waals surface area contributed by atoms with E-state index < -0.39 is 0 Å². The first kappa shape index (κ1) is 9.07. The van der Waals surface area contributed by atoms with E-state index in [1.165, 1.54) is 5.56 Å². The molecule has 0 aliphatic heterocycles. The van der Waals surface area contributed by atoms with Crippen molar-refractivity contribution in [2.75, 3.05) is 18.5 Å². The number of hydrogen-bond acceptors (Lipinski definition) is 2. The number of aryl methyl sites for hydroxylation is 1. The van der Waals surface area contributed by atoms with Crippen LogP contribution in [0.25, 0.3) is 0 Å². The summed E-state index contributed by atoms with van der Waals surface area (Å²) in [5.41, 5.74) is 2.40. The van der Waals surface area contributed by atoms with Crippen LogP contribution in [0.1, 0.15) is 12.5 Å². The van der Waals surface area contributed by atoms with Crippen LogP contribution in [0.5, 0.6) is 0 Å². The molecule has 12 heavy (non-hydrogen) atoms. The van der Waals surface area contributed by atoms with E-state index in [4.69, 9.17) is 5.11 Å². The summed E-state index contributed by atoms with van der Waals surface area (Å²) >= 11 is 0. The van der Waals surface area contributed by atoms with Gasteiger partial charge in [-0.05, 0) is 24.1 Å². The van der Waals surface area contributed by atoms with Gasteiger partial charge in [0, 0.05) is 12.2 Å². The zero-order valence-electron chi connectivity index (χ0n) is 7.38. The maximum atomic E-state index is 8.59. The summed E-state index contributed by atoms with van der Waals surface area (Å²) in [7, 11) is 0. The molecule has 0 spiro atoms. The highest BCUT2D eigenvalue weighted by atomic mass is 16.3. The van der Waals surface area contributed by atoms with E-state index in [0.29, 0.717) is 6.54 Å². The smallest absolute Gasteiger partial charge is 0.0604 e. The molecule has 0 unspecified atom stereocenters. The van der Waals surface area contributed by atoms with Crippen LogP contribution in [0, 0.1) is 0 Å². The number of rotatable bonds is 4. The van der Waals surface area contributed by atoms with Crippen molar-refractivity contribution >= 4 is 5.69 Å². The van der Waals surface area contributed by atoms with Crippen molar-refractivity contribution in [3.05, 3.63) is 29.8 Å². The van der Waals surface area contributed by atoms with Gasteiger partial charge in [-0.15, -0.1) is 0 Å². The molecule has 0 heterocycles. The predicted molar refractivity (Wildman–Crippen MR) is 51.4 cm³/mol. The number of aliphatic hydroxyl groups excluding tert-OH is 1. The van der Waals surface area contributed by atoms with Gasteiger partial charge in [0.25, 0.3) is 0 Å². The third-order valence-corrected chi connectivity index (χ3v) is 1.78. The van der Waals surface area contributed by atoms with E-state index >= 15 is 0 Å². The second-order valence-corrected chi connectivity index (χ2v) is 2.70. The van der Waals surface area contributed by atoms with Crippen molar-refractivity contribution in [1.82, 2.24) is 0 Å². The molecular formula is C10H15NO. The first-order chi connectivity index (χ1) is 5.86. The third kappa shape index (κ3) is 2.55. The van der Waals surface area contributed by atoms with E-state index in [2.05, 4.69) is 24.4 Å². The molecule has 0 aliphatic carbocycles. The van der Waals surface area contributed by atoms with Gasteiger partial charge in [0.15, 0.2) is 0 Å². The molecule has 66 valence electrons. The Kier molecular flexibility index (Phi) is 3.61. The number of nitrogens with one attached hydrogen (secondary N) is 1. The van der Waals surface area contributed by atoms with Crippen molar-refractivity contribution < 1.29 is 5.11 Å². The molecule has 0 saturated heterocycles. The van der Waals surface area contributed by atoms with Gasteiger partial charge < -0.3 is 10.4 Å². The lowest BCUT2D eigenvalue weighted by Gasteiger charge is -2.05. The van der Waals surface area contributed by atoms with E-state index in [1.807, 2.05) is 12.1 Å². The Morgan fingerprint density at radius 1 is 1.42 bits per heavy atom. The first-order valence-corrected chi connectivity index (χ1v) is 4.30. The second-order valence-electron chi connectivity index (χ2n) is 2.70. The Morgan fingerprint density at radius 3 is 2.92 bits per heavy atom. The van der Waals surface area contributed by atoms with Crippen LogP contribution in [0.15, 0.2) is 24.3 Å². The van der Waals surface area contributed by atoms with Crippen LogP contribution in [0.3, 0.4) is 0 Å². The van der Waals surface area contributed by atoms with Crippen molar-refractivity contribution in [2.24, 2.45) is 0 Å². The van der Waals surface area contributed by atoms with E-state index in [0.717, 1.165) is 12.1 Å². The fourth-order valence-electron chi connectivity index (χ4n) is 1.10. The summed E-state index contributed by atoms with van der Waals surface area (Å²) in [5, 5.41) is 11.7. The van der Waals surface area contributed by atoms with Gasteiger partial charge in [0.1, 0.15) is 0 Å². The molecule has 0 saturated carbocycles. The Labute approximate surface area is 73.2 Å². The molecule has 2 N–H and O–H groups in total. The van der Waals surface area contributed by atoms with Crippen molar-refractivity contribution in [3.63, 3.8) is 0 Å². The van der Waals surface area contributed by atoms with Crippen molar-refractivity contribution in [2.45, 2.75) is 13.3 Å². The molecule has 1 rings (SSSR count). The zero-order valence-corrected chi connectivity index (χ0v) is 7.38. The van der Waals surface area contributed by atoms with Crippen LogP contribution in [0.4, 0.5) is 5.69 Å². The number of hydrogen-bond donors (Lipinski definition) is 2. The average Bonchev–Trinajstić information content (AvgIpc) is 2.15. The topological polar surface area (TPSA) is 32.3 Å². The summed E-state index contributed by atoms with van der Waals surface area (Å²) in [6.45, 7) is 2.93. The van der Waals surface area contributed by atoms with E-state index in [9.17, 15) is 0 Å². The van der Waals surface area contributed by atoms with Crippen LogP contribution in [-0.4, -0.2) is 18.3 Å². The lowest BCUT2D eigenvalue weighted by atomic mass is 10.1. The van der Waals surface area contributed by atoms with Gasteiger partial charge >= 0.3 is 0 Å². The highest BCUT2D eigenvalue weighted by molar-refractivity contribution is 5.45. The van der Waals surface area contributed by atoms with Crippen molar-refractivity contribution in [3.8, 4) is 0 Å². The molecule has 0 radical (unpaired) electrons. The Hall–Kier alpha value is -1.02. The number of anilines is 1. The summed E-state index contributed by atoms with van der Waals surface area (Å²) in [6, 6.07) is 8.24. The number of aliphatic hydroxyl groups is 1. The quantitative estimate of drug-likeness (QED) is 0.711. The molecule has 1 aromatic carbocycles. The maximum absolute atomic E-state index is 8.59. The highest BCUT2D eigenvalue weighted by Gasteiger charge is 1.91. The monoisotopic (exact) mass is 165 g/mol. The summed E-state index contributed by atoms with van der Waals surface area (Å²) in [4.78, 5) is 0. The van der Waals surface area contributed by atoms with Gasteiger partial charge in [-0.25, -0.2) is 0 Å². The fraction of sp³-hybridized carbons (Fsp3) is 0.400. The van der Waals surface area contributed by atoms with Gasteiger partial charge in [-0.2, -0.15) is 0 Å². The molecule has 0 fully saturated rings. The lowest BCUT2D eigenvalue weighted by Crippen LogP contribution is -2.05. The van der Waals surface area contributed by atoms with Crippen LogP contribution in [0.2, 0.25) is 0 Å². The normalized spacial score (nSPS) is 9.83. The third-order valence-electron chi connectivity index (χ3n) is 1.78. The van der Waals surface area contributed by atoms with Crippen molar-refractivity contribution in [1.29, 1.82) is 0 Å². The lowest BCUT2D eigenvalue weighted by molar-refractivity contribution is 0.311. The minimum Gasteiger partial charge on any atom is -0.395 e. The molecule has 1 aromatic rings. The summed E-state index contributed by atoms with van der Waals surface area (Å²) in [5.74, 6) is 0. The minimum atomic E-state index is 0.177. The predicted octanol–water partition coefficient (Wildman–Crippen LogP) is 1.65. The van der Waals surface area contributed by atoms with Crippen LogP contribution in [-0.2, 0) is 6.42 Å². The zero-order chi connectivity index (χ0) is 8.81. The molecule has 0 amide bonds. The van der Waals surface area contributed by atoms with Crippen LogP contribution >= 0.6 is 0 Å². The van der Waals surface area contributed by atoms with Crippen LogP contribution < -0.4 is 5.32 Å². The minimum absolute atomic E-state index is 0.177. The summed E-state index contributed by atoms with van der Waals surface area (Å²) in [6.07, 6.45) is 1.05. The summed E-state index contributed by atoms with van der Waals surface area (Å²) < 4.78 is 0. The average molecular weight is 165 g/mol. The molecule has 0 atom stereocenters. The molecule has 2 heteroatoms. The Morgan fingerprint density at radius 2 is 2.25 bits per heavy atom. The van der Waals surface area contributed by atoms with E-state index in [1.54, 1.807) is 0 Å². The Bertz CT molecular complexity index is 235. The fourth-order valence-corrected chi connectivity index (χ4v) is 1.10. The molecule has 0 aliphatic rings.